The molecule has 5 heterocycles. The van der Waals surface area contributed by atoms with Crippen molar-refractivity contribution in [3.05, 3.63) is 79.3 Å². The summed E-state index contributed by atoms with van der Waals surface area (Å²) in [5, 5.41) is 0. The molecule has 1 unspecified atom stereocenters. The molecular weight excluding hydrogens is 556 g/mol. The summed E-state index contributed by atoms with van der Waals surface area (Å²) < 4.78 is 7.39. The van der Waals surface area contributed by atoms with Gasteiger partial charge in [0, 0.05) is 58.8 Å². The first-order valence-electron chi connectivity index (χ1n) is 15.1. The molecule has 1 saturated carbocycles. The van der Waals surface area contributed by atoms with Crippen LogP contribution in [0.4, 0.5) is 10.6 Å². The third-order valence-corrected chi connectivity index (χ3v) is 8.50. The number of carbonyl (C=O) groups excluding carboxylic acids is 2. The van der Waals surface area contributed by atoms with Crippen LogP contribution in [0.3, 0.4) is 0 Å². The molecule has 1 atom stereocenters. The number of hydrogen-bond acceptors (Lipinski definition) is 7. The number of nitrogens with zero attached hydrogens (tertiary/aromatic N) is 7. The molecule has 44 heavy (non-hydrogen) atoms. The van der Waals surface area contributed by atoms with Crippen molar-refractivity contribution in [2.75, 3.05) is 52.1 Å². The molecule has 4 aromatic rings. The lowest BCUT2D eigenvalue weighted by atomic mass is 10.1. The lowest BCUT2D eigenvalue weighted by Crippen LogP contribution is -2.53. The first kappa shape index (κ1) is 29.3. The van der Waals surface area contributed by atoms with Gasteiger partial charge in [-0.3, -0.25) is 14.3 Å². The second kappa shape index (κ2) is 12.8. The topological polar surface area (TPSA) is 123 Å². The Morgan fingerprint density at radius 2 is 1.75 bits per heavy atom. The van der Waals surface area contributed by atoms with Crippen LogP contribution in [-0.4, -0.2) is 98.6 Å². The first-order valence-corrected chi connectivity index (χ1v) is 15.1. The zero-order valence-corrected chi connectivity index (χ0v) is 25.0. The van der Waals surface area contributed by atoms with Gasteiger partial charge in [0.15, 0.2) is 0 Å². The van der Waals surface area contributed by atoms with E-state index in [2.05, 4.69) is 39.3 Å². The van der Waals surface area contributed by atoms with Crippen molar-refractivity contribution in [1.29, 1.82) is 0 Å². The zero-order chi connectivity index (χ0) is 30.6. The number of anilines is 1. The Kier molecular flexibility index (Phi) is 8.56. The Morgan fingerprint density at radius 1 is 0.977 bits per heavy atom. The number of urea groups is 1. The van der Waals surface area contributed by atoms with Gasteiger partial charge in [-0.2, -0.15) is 0 Å². The summed E-state index contributed by atoms with van der Waals surface area (Å²) in [6.07, 6.45) is 10.2. The summed E-state index contributed by atoms with van der Waals surface area (Å²) in [6.45, 7) is 7.24. The molecule has 2 N–H and O–H groups in total. The van der Waals surface area contributed by atoms with Gasteiger partial charge < -0.3 is 25.2 Å². The standard InChI is InChI=1S/C20H17N5.C13H21N3O3/c21-19-16(4-2-10-23-19)20-24-17-8-7-14(13-5-6-13)11-18(17)25(20)15-3-1-9-22-12-15;1-3-12(17)14-6-8-15(9-7-14)13(18)16-5-4-11(10-16)19-2/h1-4,7-13H,5-6H2,(H2,21,23);3,11H,1,4-10H2,2H3. The van der Waals surface area contributed by atoms with E-state index in [-0.39, 0.29) is 18.0 Å². The molecule has 11 heteroatoms. The summed E-state index contributed by atoms with van der Waals surface area (Å²) in [6, 6.07) is 14.4. The quantitative estimate of drug-likeness (QED) is 0.345. The van der Waals surface area contributed by atoms with E-state index in [1.165, 1.54) is 24.5 Å². The van der Waals surface area contributed by atoms with Gasteiger partial charge in [-0.25, -0.2) is 14.8 Å². The number of rotatable bonds is 5. The van der Waals surface area contributed by atoms with Crippen LogP contribution in [0, 0.1) is 0 Å². The van der Waals surface area contributed by atoms with Crippen LogP contribution in [0.2, 0.25) is 0 Å². The summed E-state index contributed by atoms with van der Waals surface area (Å²) in [4.78, 5) is 42.5. The fourth-order valence-electron chi connectivity index (χ4n) is 5.84. The Labute approximate surface area is 256 Å². The van der Waals surface area contributed by atoms with Crippen LogP contribution in [0.1, 0.15) is 30.7 Å². The van der Waals surface area contributed by atoms with E-state index in [0.717, 1.165) is 41.1 Å². The number of imidazole rings is 1. The first-order chi connectivity index (χ1) is 21.5. The molecule has 0 spiro atoms. The van der Waals surface area contributed by atoms with E-state index in [9.17, 15) is 9.59 Å². The van der Waals surface area contributed by atoms with Gasteiger partial charge in [-0.1, -0.05) is 12.6 Å². The van der Waals surface area contributed by atoms with E-state index in [0.29, 0.717) is 44.5 Å². The number of methoxy groups -OCH3 is 1. The highest BCUT2D eigenvalue weighted by Gasteiger charge is 2.31. The van der Waals surface area contributed by atoms with Crippen LogP contribution in [0.25, 0.3) is 28.1 Å². The molecular formula is C33H38N8O3. The average molecular weight is 595 g/mol. The van der Waals surface area contributed by atoms with E-state index < -0.39 is 0 Å². The maximum absolute atomic E-state index is 12.3. The largest absolute Gasteiger partial charge is 0.383 e. The molecule has 3 fully saturated rings. The molecule has 0 radical (unpaired) electrons. The Bertz CT molecular complexity index is 1640. The fraction of sp³-hybridized carbons (Fsp3) is 0.364. The maximum Gasteiger partial charge on any atom is 0.320 e. The van der Waals surface area contributed by atoms with Crippen LogP contribution < -0.4 is 5.73 Å². The molecule has 2 saturated heterocycles. The van der Waals surface area contributed by atoms with Crippen molar-refractivity contribution in [3.63, 3.8) is 0 Å². The molecule has 1 aliphatic carbocycles. The summed E-state index contributed by atoms with van der Waals surface area (Å²) in [5.41, 5.74) is 11.3. The monoisotopic (exact) mass is 594 g/mol. The Morgan fingerprint density at radius 3 is 2.41 bits per heavy atom. The second-order valence-corrected chi connectivity index (χ2v) is 11.3. The lowest BCUT2D eigenvalue weighted by Gasteiger charge is -2.36. The molecule has 2 aliphatic heterocycles. The molecule has 3 aliphatic rings. The third kappa shape index (κ3) is 6.14. The summed E-state index contributed by atoms with van der Waals surface area (Å²) in [5.74, 6) is 1.90. The molecule has 0 bridgehead atoms. The van der Waals surface area contributed by atoms with Crippen molar-refractivity contribution in [2.45, 2.75) is 31.3 Å². The van der Waals surface area contributed by atoms with Gasteiger partial charge in [0.25, 0.3) is 0 Å². The molecule has 7 rings (SSSR count). The van der Waals surface area contributed by atoms with Gasteiger partial charge in [0.1, 0.15) is 11.6 Å². The summed E-state index contributed by atoms with van der Waals surface area (Å²) >= 11 is 0. The molecule has 11 nitrogen and oxygen atoms in total. The molecule has 1 aromatic carbocycles. The number of pyridine rings is 2. The van der Waals surface area contributed by atoms with Gasteiger partial charge in [0.05, 0.1) is 34.6 Å². The predicted octanol–water partition coefficient (Wildman–Crippen LogP) is 4.10. The average Bonchev–Trinajstić information content (AvgIpc) is 3.69. The maximum atomic E-state index is 12.3. The number of hydrogen-bond donors (Lipinski definition) is 1. The highest BCUT2D eigenvalue weighted by molar-refractivity contribution is 5.87. The SMILES string of the molecule is C=CC(=O)N1CCN(C(=O)N2CCC(OC)C2)CC1.Nc1ncccc1-c1nc2ccc(C3CC3)cc2n1-c1cccnc1. The summed E-state index contributed by atoms with van der Waals surface area (Å²) in [7, 11) is 1.68. The van der Waals surface area contributed by atoms with E-state index in [1.54, 1.807) is 24.4 Å². The number of amides is 3. The number of benzene rings is 1. The van der Waals surface area contributed by atoms with Crippen LogP contribution in [0.15, 0.2) is 73.7 Å². The van der Waals surface area contributed by atoms with Crippen molar-refractivity contribution in [1.82, 2.24) is 34.2 Å². The highest BCUT2D eigenvalue weighted by atomic mass is 16.5. The fourth-order valence-corrected chi connectivity index (χ4v) is 5.84. The molecule has 228 valence electrons. The highest BCUT2D eigenvalue weighted by Crippen LogP contribution is 2.41. The number of likely N-dealkylation sites (tertiary alicyclic amines) is 1. The minimum atomic E-state index is -0.0623. The van der Waals surface area contributed by atoms with E-state index >= 15 is 0 Å². The lowest BCUT2D eigenvalue weighted by molar-refractivity contribution is -0.127. The van der Waals surface area contributed by atoms with Gasteiger partial charge >= 0.3 is 6.03 Å². The van der Waals surface area contributed by atoms with Crippen LogP contribution in [0.5, 0.6) is 0 Å². The number of fused-ring (bicyclic) bond motifs is 1. The van der Waals surface area contributed by atoms with Gasteiger partial charge in [-0.05, 0) is 73.2 Å². The number of aromatic nitrogens is 4. The number of ether oxygens (including phenoxy) is 1. The van der Waals surface area contributed by atoms with Gasteiger partial charge in [0.2, 0.25) is 5.91 Å². The van der Waals surface area contributed by atoms with Crippen molar-refractivity contribution >= 4 is 28.8 Å². The Hall–Kier alpha value is -4.77. The van der Waals surface area contributed by atoms with Crippen LogP contribution >= 0.6 is 0 Å². The number of carbonyl (C=O) groups is 2. The van der Waals surface area contributed by atoms with Gasteiger partial charge in [-0.15, -0.1) is 0 Å². The van der Waals surface area contributed by atoms with Crippen LogP contribution in [-0.2, 0) is 9.53 Å². The van der Waals surface area contributed by atoms with Crippen molar-refractivity contribution in [3.8, 4) is 17.1 Å². The van der Waals surface area contributed by atoms with E-state index in [1.807, 2.05) is 40.3 Å². The smallest absolute Gasteiger partial charge is 0.320 e. The minimum absolute atomic E-state index is 0.0604. The minimum Gasteiger partial charge on any atom is -0.383 e. The number of nitrogens with two attached hydrogens (primary N) is 1. The number of nitrogen functional groups attached to an aromatic ring is 1. The normalized spacial score (nSPS) is 18.2. The van der Waals surface area contributed by atoms with E-state index in [4.69, 9.17) is 15.5 Å². The molecule has 3 aromatic heterocycles. The zero-order valence-electron chi connectivity index (χ0n) is 25.0. The van der Waals surface area contributed by atoms with Crippen molar-refractivity contribution in [2.24, 2.45) is 0 Å². The predicted molar refractivity (Wildman–Crippen MR) is 169 cm³/mol. The Balaban J connectivity index is 0.000000163. The molecule has 3 amide bonds. The number of piperazine rings is 1. The third-order valence-electron chi connectivity index (χ3n) is 8.50. The second-order valence-electron chi connectivity index (χ2n) is 11.3. The van der Waals surface area contributed by atoms with Crippen molar-refractivity contribution < 1.29 is 14.3 Å².